The number of rotatable bonds is 2. The van der Waals surface area contributed by atoms with Crippen LogP contribution in [-0.2, 0) is 0 Å². The molecule has 0 aromatic heterocycles. The minimum atomic E-state index is -0.109. The lowest BCUT2D eigenvalue weighted by molar-refractivity contribution is 0.0896. The Hall–Kier alpha value is -0.930. The molecule has 1 amide bonds. The van der Waals surface area contributed by atoms with Crippen molar-refractivity contribution in [3.05, 3.63) is 28.8 Å². The molecule has 3 N–H and O–H groups in total. The van der Waals surface area contributed by atoms with Crippen LogP contribution < -0.4 is 11.1 Å². The number of nitrogens with one attached hydrogen (secondary N) is 1. The van der Waals surface area contributed by atoms with Crippen LogP contribution in [0.25, 0.3) is 0 Å². The van der Waals surface area contributed by atoms with Crippen molar-refractivity contribution in [1.82, 2.24) is 5.32 Å². The highest BCUT2D eigenvalue weighted by Gasteiger charge is 2.27. The Morgan fingerprint density at radius 3 is 2.65 bits per heavy atom. The molecule has 1 saturated carbocycles. The number of nitrogens with two attached hydrogens (primary N) is 1. The van der Waals surface area contributed by atoms with Gasteiger partial charge in [0.05, 0.1) is 10.6 Å². The van der Waals surface area contributed by atoms with Gasteiger partial charge in [0.15, 0.2) is 0 Å². The van der Waals surface area contributed by atoms with Gasteiger partial charge < -0.3 is 11.1 Å². The average molecular weight is 275 g/mol. The molecule has 1 aromatic rings. The van der Waals surface area contributed by atoms with Gasteiger partial charge in [-0.1, -0.05) is 18.5 Å². The predicted octanol–water partition coefficient (Wildman–Crippen LogP) is 2.87. The highest BCUT2D eigenvalue weighted by atomic mass is 35.5. The zero-order chi connectivity index (χ0) is 11.7. The molecular formula is C12H16Cl2N2O. The molecule has 0 saturated heterocycles. The van der Waals surface area contributed by atoms with Gasteiger partial charge in [-0.25, -0.2) is 0 Å². The first-order chi connectivity index (χ1) is 7.56. The van der Waals surface area contributed by atoms with E-state index in [4.69, 9.17) is 17.3 Å². The molecule has 17 heavy (non-hydrogen) atoms. The fraction of sp³-hybridized carbons (Fsp3) is 0.417. The zero-order valence-electron chi connectivity index (χ0n) is 9.57. The van der Waals surface area contributed by atoms with E-state index in [1.165, 1.54) is 0 Å². The summed E-state index contributed by atoms with van der Waals surface area (Å²) in [4.78, 5) is 11.9. The molecule has 1 aliphatic carbocycles. The number of nitrogen functional groups attached to an aromatic ring is 1. The minimum absolute atomic E-state index is 0. The van der Waals surface area contributed by atoms with Crippen LogP contribution in [0.3, 0.4) is 0 Å². The first-order valence-electron chi connectivity index (χ1n) is 5.42. The maximum absolute atomic E-state index is 11.9. The lowest BCUT2D eigenvalue weighted by Gasteiger charge is -2.33. The molecule has 94 valence electrons. The van der Waals surface area contributed by atoms with Gasteiger partial charge in [0, 0.05) is 11.7 Å². The van der Waals surface area contributed by atoms with Gasteiger partial charge in [-0.2, -0.15) is 0 Å². The number of hydrogen-bond acceptors (Lipinski definition) is 2. The van der Waals surface area contributed by atoms with E-state index in [1.54, 1.807) is 18.2 Å². The van der Waals surface area contributed by atoms with Gasteiger partial charge >= 0.3 is 0 Å². The second-order valence-electron chi connectivity index (χ2n) is 4.49. The first kappa shape index (κ1) is 14.1. The van der Waals surface area contributed by atoms with Crippen molar-refractivity contribution >= 4 is 35.6 Å². The molecule has 0 radical (unpaired) electrons. The summed E-state index contributed by atoms with van der Waals surface area (Å²) in [6.45, 7) is 2.18. The van der Waals surface area contributed by atoms with E-state index >= 15 is 0 Å². The predicted molar refractivity (Wildman–Crippen MR) is 72.8 cm³/mol. The van der Waals surface area contributed by atoms with E-state index in [-0.39, 0.29) is 18.3 Å². The summed E-state index contributed by atoms with van der Waals surface area (Å²) in [6.07, 6.45) is 2.11. The zero-order valence-corrected chi connectivity index (χ0v) is 11.1. The van der Waals surface area contributed by atoms with E-state index in [1.807, 2.05) is 0 Å². The minimum Gasteiger partial charge on any atom is -0.399 e. The van der Waals surface area contributed by atoms with Crippen LogP contribution in [0, 0.1) is 5.92 Å². The van der Waals surface area contributed by atoms with Crippen molar-refractivity contribution < 1.29 is 4.79 Å². The van der Waals surface area contributed by atoms with Crippen molar-refractivity contribution in [3.63, 3.8) is 0 Å². The van der Waals surface area contributed by atoms with Crippen LogP contribution in [0.5, 0.6) is 0 Å². The molecule has 2 rings (SSSR count). The second-order valence-corrected chi connectivity index (χ2v) is 4.89. The summed E-state index contributed by atoms with van der Waals surface area (Å²) in [7, 11) is 0. The largest absolute Gasteiger partial charge is 0.399 e. The Labute approximate surface area is 112 Å². The molecular weight excluding hydrogens is 259 g/mol. The Morgan fingerprint density at radius 1 is 1.47 bits per heavy atom. The Kier molecular flexibility index (Phi) is 4.66. The van der Waals surface area contributed by atoms with Crippen molar-refractivity contribution in [3.8, 4) is 0 Å². The summed E-state index contributed by atoms with van der Waals surface area (Å²) in [5.74, 6) is 0.606. The fourth-order valence-corrected chi connectivity index (χ4v) is 2.27. The van der Waals surface area contributed by atoms with Crippen LogP contribution in [-0.4, -0.2) is 11.9 Å². The third kappa shape index (κ3) is 3.27. The molecule has 1 aliphatic rings. The maximum atomic E-state index is 11.9. The summed E-state index contributed by atoms with van der Waals surface area (Å²) in [5.41, 5.74) is 6.63. The topological polar surface area (TPSA) is 55.1 Å². The van der Waals surface area contributed by atoms with E-state index in [9.17, 15) is 4.79 Å². The highest BCUT2D eigenvalue weighted by molar-refractivity contribution is 6.34. The molecule has 5 heteroatoms. The van der Waals surface area contributed by atoms with Gasteiger partial charge in [-0.15, -0.1) is 12.4 Å². The Morgan fingerprint density at radius 2 is 2.12 bits per heavy atom. The third-order valence-electron chi connectivity index (χ3n) is 2.95. The first-order valence-corrected chi connectivity index (χ1v) is 5.80. The van der Waals surface area contributed by atoms with Crippen molar-refractivity contribution in [2.75, 3.05) is 5.73 Å². The molecule has 1 fully saturated rings. The molecule has 0 heterocycles. The SMILES string of the molecule is CC1CC(NC(=O)c2ccc(N)cc2Cl)C1.Cl. The molecule has 0 aliphatic heterocycles. The van der Waals surface area contributed by atoms with Gasteiger partial charge in [0.1, 0.15) is 0 Å². The third-order valence-corrected chi connectivity index (χ3v) is 3.26. The van der Waals surface area contributed by atoms with E-state index in [0.29, 0.717) is 28.2 Å². The van der Waals surface area contributed by atoms with Gasteiger partial charge in [0.25, 0.3) is 5.91 Å². The van der Waals surface area contributed by atoms with E-state index in [2.05, 4.69) is 12.2 Å². The summed E-state index contributed by atoms with van der Waals surface area (Å²) >= 11 is 5.96. The number of carbonyl (C=O) groups excluding carboxylic acids is 1. The number of carbonyl (C=O) groups is 1. The summed E-state index contributed by atoms with van der Waals surface area (Å²) in [6, 6.07) is 5.25. The van der Waals surface area contributed by atoms with Crippen molar-refractivity contribution in [2.45, 2.75) is 25.8 Å². The average Bonchev–Trinajstić information content (AvgIpc) is 2.15. The molecule has 1 aromatic carbocycles. The smallest absolute Gasteiger partial charge is 0.253 e. The fourth-order valence-electron chi connectivity index (χ4n) is 2.00. The number of anilines is 1. The standard InChI is InChI=1S/C12H15ClN2O.ClH/c1-7-4-9(5-7)15-12(16)10-3-2-8(14)6-11(10)13;/h2-3,6-7,9H,4-5,14H2,1H3,(H,15,16);1H. The van der Waals surface area contributed by atoms with E-state index in [0.717, 1.165) is 12.8 Å². The summed E-state index contributed by atoms with van der Waals surface area (Å²) in [5, 5.41) is 3.37. The molecule has 0 bridgehead atoms. The monoisotopic (exact) mass is 274 g/mol. The normalized spacial score (nSPS) is 22.2. The van der Waals surface area contributed by atoms with Crippen LogP contribution in [0.15, 0.2) is 18.2 Å². The highest BCUT2D eigenvalue weighted by Crippen LogP contribution is 2.27. The lowest BCUT2D eigenvalue weighted by Crippen LogP contribution is -2.43. The Balaban J connectivity index is 0.00000144. The number of benzene rings is 1. The van der Waals surface area contributed by atoms with Crippen LogP contribution in [0.1, 0.15) is 30.1 Å². The van der Waals surface area contributed by atoms with Crippen LogP contribution in [0.4, 0.5) is 5.69 Å². The van der Waals surface area contributed by atoms with Crippen LogP contribution >= 0.6 is 24.0 Å². The van der Waals surface area contributed by atoms with E-state index < -0.39 is 0 Å². The van der Waals surface area contributed by atoms with Gasteiger partial charge in [-0.3, -0.25) is 4.79 Å². The van der Waals surface area contributed by atoms with Crippen molar-refractivity contribution in [1.29, 1.82) is 0 Å². The second kappa shape index (κ2) is 5.61. The number of amides is 1. The van der Waals surface area contributed by atoms with Gasteiger partial charge in [0.2, 0.25) is 0 Å². The number of halogens is 2. The van der Waals surface area contributed by atoms with Crippen molar-refractivity contribution in [2.24, 2.45) is 5.92 Å². The molecule has 3 nitrogen and oxygen atoms in total. The quantitative estimate of drug-likeness (QED) is 0.815. The number of hydrogen-bond donors (Lipinski definition) is 2. The van der Waals surface area contributed by atoms with Gasteiger partial charge in [-0.05, 0) is 37.0 Å². The van der Waals surface area contributed by atoms with Crippen LogP contribution in [0.2, 0.25) is 5.02 Å². The Bertz CT molecular complexity index is 417. The maximum Gasteiger partial charge on any atom is 0.253 e. The molecule has 0 spiro atoms. The molecule has 0 atom stereocenters. The molecule has 0 unspecified atom stereocenters. The summed E-state index contributed by atoms with van der Waals surface area (Å²) < 4.78 is 0. The lowest BCUT2D eigenvalue weighted by atomic mass is 9.82.